The molecule has 0 aliphatic heterocycles. The van der Waals surface area contributed by atoms with Crippen molar-refractivity contribution in [3.8, 4) is 21.8 Å². The molecule has 3 aromatic rings. The van der Waals surface area contributed by atoms with Crippen LogP contribution in [0.4, 0.5) is 0 Å². The van der Waals surface area contributed by atoms with E-state index in [-0.39, 0.29) is 0 Å². The van der Waals surface area contributed by atoms with Crippen molar-refractivity contribution in [2.24, 2.45) is 0 Å². The summed E-state index contributed by atoms with van der Waals surface area (Å²) >= 11 is 1.54. The Kier molecular flexibility index (Phi) is 3.01. The van der Waals surface area contributed by atoms with E-state index in [9.17, 15) is 5.21 Å². The lowest BCUT2D eigenvalue weighted by atomic mass is 10.1. The Morgan fingerprint density at radius 3 is 2.53 bits per heavy atom. The summed E-state index contributed by atoms with van der Waals surface area (Å²) in [6.45, 7) is 1.96. The molecule has 0 saturated carbocycles. The fraction of sp³-hybridized carbons (Fsp3) is 0.0667. The van der Waals surface area contributed by atoms with Crippen molar-refractivity contribution in [2.45, 2.75) is 6.92 Å². The van der Waals surface area contributed by atoms with Gasteiger partial charge in [-0.25, -0.2) is 4.98 Å². The zero-order valence-electron chi connectivity index (χ0n) is 10.4. The third kappa shape index (κ3) is 2.22. The van der Waals surface area contributed by atoms with E-state index in [1.54, 1.807) is 17.4 Å². The monoisotopic (exact) mass is 268 g/mol. The lowest BCUT2D eigenvalue weighted by Gasteiger charge is -2.03. The first-order valence-electron chi connectivity index (χ1n) is 5.97. The molecule has 0 saturated heterocycles. The van der Waals surface area contributed by atoms with Crippen molar-refractivity contribution < 1.29 is 4.73 Å². The number of aromatic nitrogens is 2. The molecule has 2 aromatic heterocycles. The lowest BCUT2D eigenvalue weighted by molar-refractivity contribution is -0.593. The molecule has 3 rings (SSSR count). The lowest BCUT2D eigenvalue weighted by Crippen LogP contribution is -2.27. The maximum absolute atomic E-state index is 11.9. The van der Waals surface area contributed by atoms with Crippen LogP contribution >= 0.6 is 11.3 Å². The van der Waals surface area contributed by atoms with E-state index in [4.69, 9.17) is 0 Å². The fourth-order valence-electron chi connectivity index (χ4n) is 2.00. The van der Waals surface area contributed by atoms with Gasteiger partial charge in [0.2, 0.25) is 5.69 Å². The van der Waals surface area contributed by atoms with Crippen molar-refractivity contribution >= 4 is 11.3 Å². The van der Waals surface area contributed by atoms with Gasteiger partial charge < -0.3 is 5.21 Å². The molecule has 0 unspecified atom stereocenters. The Morgan fingerprint density at radius 2 is 1.79 bits per heavy atom. The number of hydrogen-bond acceptors (Lipinski definition) is 3. The zero-order valence-corrected chi connectivity index (χ0v) is 11.2. The van der Waals surface area contributed by atoms with Gasteiger partial charge in [0.1, 0.15) is 4.88 Å². The molecule has 2 heterocycles. The Labute approximate surface area is 115 Å². The maximum Gasteiger partial charge on any atom is 0.236 e. The predicted octanol–water partition coefficient (Wildman–Crippen LogP) is 3.42. The second-order valence-electron chi connectivity index (χ2n) is 4.19. The first-order chi connectivity index (χ1) is 9.25. The first kappa shape index (κ1) is 11.9. The highest BCUT2D eigenvalue weighted by Crippen LogP contribution is 2.34. The van der Waals surface area contributed by atoms with Crippen LogP contribution in [-0.4, -0.2) is 4.98 Å². The Hall–Kier alpha value is -2.20. The summed E-state index contributed by atoms with van der Waals surface area (Å²) in [4.78, 5) is 5.48. The normalized spacial score (nSPS) is 10.6. The SMILES string of the molecule is Cc1nc(-c2ccccc2)c(-c2cccc[n+]2[O-])s1. The molecule has 0 N–H and O–H groups in total. The molecular weight excluding hydrogens is 256 g/mol. The number of aryl methyl sites for hydroxylation is 1. The van der Waals surface area contributed by atoms with E-state index in [0.717, 1.165) is 25.9 Å². The highest BCUT2D eigenvalue weighted by Gasteiger charge is 2.18. The van der Waals surface area contributed by atoms with E-state index in [2.05, 4.69) is 4.98 Å². The highest BCUT2D eigenvalue weighted by molar-refractivity contribution is 7.15. The molecule has 0 aliphatic rings. The molecule has 4 heteroatoms. The highest BCUT2D eigenvalue weighted by atomic mass is 32.1. The number of benzene rings is 1. The summed E-state index contributed by atoms with van der Waals surface area (Å²) in [5.74, 6) is 0. The van der Waals surface area contributed by atoms with Crippen LogP contribution in [-0.2, 0) is 0 Å². The Bertz CT molecular complexity index is 707. The van der Waals surface area contributed by atoms with Gasteiger partial charge in [0.25, 0.3) is 0 Å². The second-order valence-corrected chi connectivity index (χ2v) is 5.39. The van der Waals surface area contributed by atoms with Gasteiger partial charge in [-0.3, -0.25) is 0 Å². The van der Waals surface area contributed by atoms with Crippen LogP contribution in [0.5, 0.6) is 0 Å². The molecule has 0 radical (unpaired) electrons. The second kappa shape index (κ2) is 4.82. The predicted molar refractivity (Wildman–Crippen MR) is 76.7 cm³/mol. The summed E-state index contributed by atoms with van der Waals surface area (Å²) < 4.78 is 0.888. The van der Waals surface area contributed by atoms with Gasteiger partial charge in [-0.15, -0.1) is 11.3 Å². The molecule has 0 atom stereocenters. The topological polar surface area (TPSA) is 39.8 Å². The molecule has 0 aliphatic carbocycles. The van der Waals surface area contributed by atoms with E-state index in [1.807, 2.05) is 49.4 Å². The maximum atomic E-state index is 11.9. The number of thiazole rings is 1. The van der Waals surface area contributed by atoms with Crippen LogP contribution in [0.25, 0.3) is 21.8 Å². The minimum atomic E-state index is 0.645. The zero-order chi connectivity index (χ0) is 13.2. The molecule has 0 bridgehead atoms. The first-order valence-corrected chi connectivity index (χ1v) is 6.79. The smallest absolute Gasteiger partial charge is 0.236 e. The van der Waals surface area contributed by atoms with Crippen molar-refractivity contribution in [3.05, 3.63) is 64.9 Å². The summed E-state index contributed by atoms with van der Waals surface area (Å²) in [6.07, 6.45) is 1.51. The van der Waals surface area contributed by atoms with Crippen molar-refractivity contribution in [3.63, 3.8) is 0 Å². The minimum absolute atomic E-state index is 0.645. The summed E-state index contributed by atoms with van der Waals surface area (Å²) in [6, 6.07) is 15.4. The Balaban J connectivity index is 2.21. The van der Waals surface area contributed by atoms with E-state index >= 15 is 0 Å². The van der Waals surface area contributed by atoms with E-state index in [0.29, 0.717) is 5.69 Å². The molecule has 1 aromatic carbocycles. The van der Waals surface area contributed by atoms with Gasteiger partial charge in [0.05, 0.1) is 10.7 Å². The summed E-state index contributed by atoms with van der Waals surface area (Å²) in [5.41, 5.74) is 2.55. The van der Waals surface area contributed by atoms with Crippen LogP contribution in [0.3, 0.4) is 0 Å². The van der Waals surface area contributed by atoms with Gasteiger partial charge >= 0.3 is 0 Å². The van der Waals surface area contributed by atoms with Crippen LogP contribution in [0, 0.1) is 12.1 Å². The third-order valence-electron chi connectivity index (χ3n) is 2.84. The van der Waals surface area contributed by atoms with Crippen molar-refractivity contribution in [2.75, 3.05) is 0 Å². The molecule has 3 nitrogen and oxygen atoms in total. The average molecular weight is 268 g/mol. The van der Waals surface area contributed by atoms with Gasteiger partial charge in [0, 0.05) is 17.7 Å². The summed E-state index contributed by atoms with van der Waals surface area (Å²) in [7, 11) is 0. The molecule has 94 valence electrons. The van der Waals surface area contributed by atoms with Crippen LogP contribution in [0.15, 0.2) is 54.7 Å². The largest absolute Gasteiger partial charge is 0.618 e. The van der Waals surface area contributed by atoms with Gasteiger partial charge in [-0.2, -0.15) is 4.73 Å². The minimum Gasteiger partial charge on any atom is -0.618 e. The standard InChI is InChI=1S/C15H12N2OS/c1-11-16-14(12-7-3-2-4-8-12)15(19-11)13-9-5-6-10-17(13)18/h2-10H,1H3. The van der Waals surface area contributed by atoms with E-state index in [1.165, 1.54) is 6.20 Å². The molecule has 19 heavy (non-hydrogen) atoms. The van der Waals surface area contributed by atoms with Gasteiger partial charge in [-0.1, -0.05) is 30.3 Å². The number of nitrogens with zero attached hydrogens (tertiary/aromatic N) is 2. The summed E-state index contributed by atoms with van der Waals surface area (Å²) in [5, 5.41) is 12.9. The Morgan fingerprint density at radius 1 is 1.05 bits per heavy atom. The van der Waals surface area contributed by atoms with Crippen LogP contribution in [0.1, 0.15) is 5.01 Å². The quantitative estimate of drug-likeness (QED) is 0.528. The van der Waals surface area contributed by atoms with Crippen LogP contribution in [0.2, 0.25) is 0 Å². The van der Waals surface area contributed by atoms with Crippen LogP contribution < -0.4 is 4.73 Å². The number of hydrogen-bond donors (Lipinski definition) is 0. The molecule has 0 fully saturated rings. The molecule has 0 spiro atoms. The third-order valence-corrected chi connectivity index (χ3v) is 3.83. The van der Waals surface area contributed by atoms with Gasteiger partial charge in [-0.05, 0) is 13.0 Å². The van der Waals surface area contributed by atoms with Crippen molar-refractivity contribution in [1.82, 2.24) is 4.98 Å². The van der Waals surface area contributed by atoms with E-state index < -0.39 is 0 Å². The number of rotatable bonds is 2. The molecule has 0 amide bonds. The molecular formula is C15H12N2OS. The number of pyridine rings is 1. The van der Waals surface area contributed by atoms with Gasteiger partial charge in [0.15, 0.2) is 6.20 Å². The average Bonchev–Trinajstić information content (AvgIpc) is 2.82. The fourth-order valence-corrected chi connectivity index (χ4v) is 2.95. The van der Waals surface area contributed by atoms with Crippen molar-refractivity contribution in [1.29, 1.82) is 0 Å².